The van der Waals surface area contributed by atoms with E-state index in [2.05, 4.69) is 23.6 Å². The number of carbonyl (C=O) groups is 2. The largest absolute Gasteiger partial charge is 0.449 e. The lowest BCUT2D eigenvalue weighted by Crippen LogP contribution is -2.40. The van der Waals surface area contributed by atoms with Crippen molar-refractivity contribution in [3.05, 3.63) is 57.9 Å². The van der Waals surface area contributed by atoms with Crippen LogP contribution < -0.4 is 21.3 Å². The molecule has 0 aromatic carbocycles. The Morgan fingerprint density at radius 3 is 2.94 bits per heavy atom. The number of hydrogen-bond acceptors (Lipinski definition) is 5. The molecule has 1 aromatic heterocycles. The first-order valence-corrected chi connectivity index (χ1v) is 11.6. The Morgan fingerprint density at radius 1 is 1.36 bits per heavy atom. The smallest absolute Gasteiger partial charge is 0.287 e. The summed E-state index contributed by atoms with van der Waals surface area (Å²) in [5.74, 6) is 1.06. The lowest BCUT2D eigenvalue weighted by molar-refractivity contribution is -0.128. The third-order valence-corrected chi connectivity index (χ3v) is 6.42. The van der Waals surface area contributed by atoms with Crippen LogP contribution in [0.1, 0.15) is 43.2 Å². The van der Waals surface area contributed by atoms with Crippen molar-refractivity contribution in [2.75, 3.05) is 26.2 Å². The summed E-state index contributed by atoms with van der Waals surface area (Å²) in [6, 6.07) is 3.91. The van der Waals surface area contributed by atoms with Crippen molar-refractivity contribution in [1.82, 2.24) is 15.5 Å². The number of furan rings is 1. The number of likely N-dealkylation sites (tertiary alicyclic amines) is 1. The van der Waals surface area contributed by atoms with E-state index >= 15 is 0 Å². The van der Waals surface area contributed by atoms with Gasteiger partial charge in [-0.3, -0.25) is 9.59 Å². The van der Waals surface area contributed by atoms with Gasteiger partial charge in [-0.2, -0.15) is 5.26 Å². The molecule has 0 spiro atoms. The van der Waals surface area contributed by atoms with Gasteiger partial charge >= 0.3 is 0 Å². The van der Waals surface area contributed by atoms with E-state index in [4.69, 9.17) is 9.68 Å². The summed E-state index contributed by atoms with van der Waals surface area (Å²) in [6.45, 7) is 4.94. The standard InChI is InChI=1S/C26H30N4O3/c1-18(16-29-25(31)23-14-21-6-9-28-17-24(21)33-23)12-19-7-10-30(11-8-19)26(32)22-5-3-2-4-20(13-22)15-27/h2-4,6,13-14,17-19,28H,5,7-12,16H2,1H3,(H,29,31). The highest BCUT2D eigenvalue weighted by molar-refractivity contribution is 5.94. The minimum atomic E-state index is -0.185. The second kappa shape index (κ2) is 10.4. The predicted octanol–water partition coefficient (Wildman–Crippen LogP) is 1.73. The number of nitriles is 1. The Morgan fingerprint density at radius 2 is 2.18 bits per heavy atom. The number of carbonyl (C=O) groups excluding carboxylic acids is 2. The van der Waals surface area contributed by atoms with Crippen LogP contribution in [0.5, 0.6) is 0 Å². The molecule has 1 atom stereocenters. The monoisotopic (exact) mass is 446 g/mol. The molecule has 1 fully saturated rings. The van der Waals surface area contributed by atoms with Gasteiger partial charge in [0.1, 0.15) is 5.42 Å². The fourth-order valence-corrected chi connectivity index (χ4v) is 4.59. The van der Waals surface area contributed by atoms with Crippen LogP contribution in [0.2, 0.25) is 0 Å². The normalized spacial score (nSPS) is 18.8. The van der Waals surface area contributed by atoms with Crippen LogP contribution in [-0.4, -0.2) is 42.9 Å². The van der Waals surface area contributed by atoms with E-state index in [0.29, 0.717) is 47.1 Å². The number of piperidine rings is 1. The Kier molecular flexibility index (Phi) is 7.13. The average Bonchev–Trinajstić information content (AvgIpc) is 3.13. The first-order chi connectivity index (χ1) is 16.0. The summed E-state index contributed by atoms with van der Waals surface area (Å²) >= 11 is 0. The third kappa shape index (κ3) is 5.64. The van der Waals surface area contributed by atoms with Crippen LogP contribution in [0.4, 0.5) is 0 Å². The van der Waals surface area contributed by atoms with Gasteiger partial charge in [-0.25, -0.2) is 0 Å². The second-order valence-electron chi connectivity index (χ2n) is 9.01. The molecule has 1 unspecified atom stereocenters. The molecule has 1 aliphatic carbocycles. The number of nitrogens with one attached hydrogen (secondary N) is 2. The highest BCUT2D eigenvalue weighted by atomic mass is 16.3. The van der Waals surface area contributed by atoms with Crippen LogP contribution in [0.3, 0.4) is 0 Å². The Hall–Kier alpha value is -3.53. The highest BCUT2D eigenvalue weighted by Crippen LogP contribution is 2.26. The fraction of sp³-hybridized carbons (Fsp3) is 0.423. The molecule has 33 heavy (non-hydrogen) atoms. The van der Waals surface area contributed by atoms with Crippen LogP contribution in [0.15, 0.2) is 45.9 Å². The lowest BCUT2D eigenvalue weighted by atomic mass is 9.87. The summed E-state index contributed by atoms with van der Waals surface area (Å²) in [5.41, 5.74) is 1.88. The summed E-state index contributed by atoms with van der Waals surface area (Å²) in [5, 5.41) is 16.2. The Labute approximate surface area is 193 Å². The second-order valence-corrected chi connectivity index (χ2v) is 9.01. The molecule has 2 N–H and O–H groups in total. The van der Waals surface area contributed by atoms with E-state index in [9.17, 15) is 9.59 Å². The zero-order valence-corrected chi connectivity index (χ0v) is 19.0. The van der Waals surface area contributed by atoms with Crippen molar-refractivity contribution in [3.8, 4) is 6.07 Å². The number of allylic oxidation sites excluding steroid dienone is 5. The minimum Gasteiger partial charge on any atom is -0.449 e. The van der Waals surface area contributed by atoms with Crippen molar-refractivity contribution in [1.29, 1.82) is 5.26 Å². The van der Waals surface area contributed by atoms with Crippen LogP contribution in [-0.2, 0) is 4.79 Å². The van der Waals surface area contributed by atoms with Crippen molar-refractivity contribution >= 4 is 24.1 Å². The third-order valence-electron chi connectivity index (χ3n) is 6.42. The Balaban J connectivity index is 1.22. The van der Waals surface area contributed by atoms with Gasteiger partial charge in [-0.15, -0.1) is 0 Å². The SMILES string of the molecule is CC(CNC(=O)c1cc2c(o1)=CNCC=2)CC1CCN(C(=O)C2=CC(C#N)=CC=CC2)CC1. The average molecular weight is 447 g/mol. The maximum Gasteiger partial charge on any atom is 0.287 e. The van der Waals surface area contributed by atoms with Crippen LogP contribution in [0, 0.1) is 23.2 Å². The number of rotatable bonds is 6. The molecule has 7 nitrogen and oxygen atoms in total. The Bertz CT molecular complexity index is 1120. The molecular formula is C26H30N4O3. The molecule has 1 saturated heterocycles. The number of amides is 2. The zero-order chi connectivity index (χ0) is 23.2. The molecule has 2 aliphatic heterocycles. The van der Waals surface area contributed by atoms with Gasteiger partial charge < -0.3 is 20.0 Å². The maximum atomic E-state index is 12.9. The van der Waals surface area contributed by atoms with Crippen LogP contribution >= 0.6 is 0 Å². The summed E-state index contributed by atoms with van der Waals surface area (Å²) in [4.78, 5) is 27.3. The van der Waals surface area contributed by atoms with Gasteiger partial charge in [0.2, 0.25) is 5.91 Å². The van der Waals surface area contributed by atoms with Gasteiger partial charge in [-0.05, 0) is 55.7 Å². The first-order valence-electron chi connectivity index (χ1n) is 11.6. The zero-order valence-electron chi connectivity index (χ0n) is 19.0. The van der Waals surface area contributed by atoms with E-state index in [0.717, 1.165) is 44.1 Å². The molecule has 4 rings (SSSR count). The van der Waals surface area contributed by atoms with Gasteiger partial charge in [0.15, 0.2) is 5.76 Å². The van der Waals surface area contributed by atoms with Gasteiger partial charge in [-0.1, -0.05) is 25.2 Å². The van der Waals surface area contributed by atoms with E-state index in [1.807, 2.05) is 23.1 Å². The molecule has 3 heterocycles. The quantitative estimate of drug-likeness (QED) is 0.694. The lowest BCUT2D eigenvalue weighted by Gasteiger charge is -2.33. The fourth-order valence-electron chi connectivity index (χ4n) is 4.59. The first kappa shape index (κ1) is 22.7. The predicted molar refractivity (Wildman–Crippen MR) is 126 cm³/mol. The molecular weight excluding hydrogens is 416 g/mol. The number of fused-ring (bicyclic) bond motifs is 1. The number of nitrogens with zero attached hydrogens (tertiary/aromatic N) is 2. The van der Waals surface area contributed by atoms with E-state index < -0.39 is 0 Å². The molecule has 3 aliphatic rings. The van der Waals surface area contributed by atoms with Crippen molar-refractivity contribution in [2.45, 2.75) is 32.6 Å². The van der Waals surface area contributed by atoms with E-state index in [1.165, 1.54) is 0 Å². The van der Waals surface area contributed by atoms with Gasteiger partial charge in [0.05, 0.1) is 11.6 Å². The molecule has 172 valence electrons. The van der Waals surface area contributed by atoms with Gasteiger partial charge in [0, 0.05) is 43.2 Å². The molecule has 7 heteroatoms. The molecule has 2 amide bonds. The van der Waals surface area contributed by atoms with Gasteiger partial charge in [0.25, 0.3) is 5.91 Å². The number of hydrogen-bond donors (Lipinski definition) is 2. The van der Waals surface area contributed by atoms with E-state index in [-0.39, 0.29) is 11.8 Å². The summed E-state index contributed by atoms with van der Waals surface area (Å²) in [7, 11) is 0. The summed E-state index contributed by atoms with van der Waals surface area (Å²) < 4.78 is 5.63. The molecule has 0 bridgehead atoms. The highest BCUT2D eigenvalue weighted by Gasteiger charge is 2.26. The van der Waals surface area contributed by atoms with Crippen LogP contribution in [0.25, 0.3) is 12.3 Å². The maximum absolute atomic E-state index is 12.9. The topological polar surface area (TPSA) is 98.4 Å². The van der Waals surface area contributed by atoms with Crippen molar-refractivity contribution in [3.63, 3.8) is 0 Å². The minimum absolute atomic E-state index is 0.0345. The molecule has 0 radical (unpaired) electrons. The summed E-state index contributed by atoms with van der Waals surface area (Å²) in [6.07, 6.45) is 14.5. The van der Waals surface area contributed by atoms with E-state index in [1.54, 1.807) is 24.4 Å². The van der Waals surface area contributed by atoms with Crippen molar-refractivity contribution in [2.24, 2.45) is 11.8 Å². The molecule has 0 saturated carbocycles. The van der Waals surface area contributed by atoms with Crippen molar-refractivity contribution < 1.29 is 14.0 Å². The molecule has 1 aromatic rings.